The Balaban J connectivity index is 2.61. The number of nitrogens with zero attached hydrogens (tertiary/aromatic N) is 1. The number of sulfonamides is 1. The van der Waals surface area contributed by atoms with Crippen LogP contribution < -0.4 is 5.90 Å². The number of nitrogens with two attached hydrogens (primary N) is 1. The average Bonchev–Trinajstić information content (AvgIpc) is 2.28. The van der Waals surface area contributed by atoms with Gasteiger partial charge in [0.15, 0.2) is 0 Å². The van der Waals surface area contributed by atoms with Crippen molar-refractivity contribution < 1.29 is 13.3 Å². The van der Waals surface area contributed by atoms with Crippen LogP contribution in [0.15, 0.2) is 30.3 Å². The fourth-order valence-corrected chi connectivity index (χ4v) is 2.21. The fourth-order valence-electron chi connectivity index (χ4n) is 1.25. The minimum absolute atomic E-state index is 0.00145. The topological polar surface area (TPSA) is 72.6 Å². The Bertz CT molecular complexity index is 405. The summed E-state index contributed by atoms with van der Waals surface area (Å²) in [4.78, 5) is 4.27. The summed E-state index contributed by atoms with van der Waals surface area (Å²) in [5, 5.41) is 0. The highest BCUT2D eigenvalue weighted by atomic mass is 32.2. The molecule has 0 aliphatic rings. The Morgan fingerprint density at radius 2 is 1.94 bits per heavy atom. The minimum Gasteiger partial charge on any atom is -0.304 e. The molecule has 90 valence electrons. The molecule has 0 saturated heterocycles. The molecule has 0 fully saturated rings. The summed E-state index contributed by atoms with van der Waals surface area (Å²) >= 11 is 0. The average molecular weight is 244 g/mol. The predicted octanol–water partition coefficient (Wildman–Crippen LogP) is 0.339. The van der Waals surface area contributed by atoms with E-state index in [1.807, 2.05) is 30.3 Å². The molecule has 5 nitrogen and oxygen atoms in total. The second kappa shape index (κ2) is 5.95. The van der Waals surface area contributed by atoms with E-state index in [4.69, 9.17) is 5.90 Å². The highest BCUT2D eigenvalue weighted by Gasteiger charge is 2.17. The van der Waals surface area contributed by atoms with Crippen LogP contribution in [-0.2, 0) is 21.4 Å². The third-order valence-corrected chi connectivity index (χ3v) is 3.94. The Morgan fingerprint density at radius 1 is 1.31 bits per heavy atom. The maximum atomic E-state index is 11.7. The molecule has 2 N–H and O–H groups in total. The van der Waals surface area contributed by atoms with Crippen molar-refractivity contribution in [2.45, 2.75) is 6.54 Å². The second-order valence-corrected chi connectivity index (χ2v) is 5.62. The Morgan fingerprint density at radius 3 is 2.50 bits per heavy atom. The lowest BCUT2D eigenvalue weighted by atomic mass is 10.2. The SMILES string of the molecule is CN(Cc1ccccc1)S(=O)(=O)CCON. The van der Waals surface area contributed by atoms with Crippen molar-refractivity contribution in [3.8, 4) is 0 Å². The largest absolute Gasteiger partial charge is 0.304 e. The van der Waals surface area contributed by atoms with Gasteiger partial charge in [0.2, 0.25) is 10.0 Å². The molecule has 0 radical (unpaired) electrons. The zero-order chi connectivity index (χ0) is 12.0. The van der Waals surface area contributed by atoms with E-state index in [1.165, 1.54) is 4.31 Å². The molecule has 0 aliphatic heterocycles. The van der Waals surface area contributed by atoms with Crippen molar-refractivity contribution in [1.82, 2.24) is 4.31 Å². The number of hydrogen-bond donors (Lipinski definition) is 1. The van der Waals surface area contributed by atoms with Crippen LogP contribution in [0, 0.1) is 0 Å². The van der Waals surface area contributed by atoms with Crippen LogP contribution in [0.2, 0.25) is 0 Å². The second-order valence-electron chi connectivity index (χ2n) is 3.43. The van der Waals surface area contributed by atoms with Crippen LogP contribution in [0.5, 0.6) is 0 Å². The van der Waals surface area contributed by atoms with E-state index in [2.05, 4.69) is 4.84 Å². The summed E-state index contributed by atoms with van der Waals surface area (Å²) < 4.78 is 24.7. The summed E-state index contributed by atoms with van der Waals surface area (Å²) in [5.74, 6) is 4.70. The van der Waals surface area contributed by atoms with Gasteiger partial charge in [-0.1, -0.05) is 30.3 Å². The van der Waals surface area contributed by atoms with Gasteiger partial charge in [0.05, 0.1) is 12.4 Å². The molecule has 1 rings (SSSR count). The summed E-state index contributed by atoms with van der Waals surface area (Å²) in [6.07, 6.45) is 0. The van der Waals surface area contributed by atoms with Crippen LogP contribution in [0.4, 0.5) is 0 Å². The van der Waals surface area contributed by atoms with Gasteiger partial charge in [-0.05, 0) is 5.56 Å². The molecule has 1 aromatic carbocycles. The van der Waals surface area contributed by atoms with Crippen LogP contribution in [0.1, 0.15) is 5.56 Å². The van der Waals surface area contributed by atoms with Crippen LogP contribution in [0.3, 0.4) is 0 Å². The molecular weight excluding hydrogens is 228 g/mol. The smallest absolute Gasteiger partial charge is 0.216 e. The molecular formula is C10H16N2O3S. The molecule has 0 atom stereocenters. The maximum Gasteiger partial charge on any atom is 0.216 e. The first-order chi connectivity index (χ1) is 7.56. The van der Waals surface area contributed by atoms with Gasteiger partial charge in [0.25, 0.3) is 0 Å². The van der Waals surface area contributed by atoms with Gasteiger partial charge in [0, 0.05) is 13.6 Å². The predicted molar refractivity (Wildman–Crippen MR) is 61.8 cm³/mol. The maximum absolute atomic E-state index is 11.7. The Labute approximate surface area is 95.8 Å². The molecule has 16 heavy (non-hydrogen) atoms. The van der Waals surface area contributed by atoms with Gasteiger partial charge in [0.1, 0.15) is 0 Å². The molecule has 0 spiro atoms. The highest BCUT2D eigenvalue weighted by Crippen LogP contribution is 2.07. The molecule has 6 heteroatoms. The summed E-state index contributed by atoms with van der Waals surface area (Å²) in [7, 11) is -1.75. The van der Waals surface area contributed by atoms with Crippen LogP contribution >= 0.6 is 0 Å². The first-order valence-electron chi connectivity index (χ1n) is 4.86. The van der Waals surface area contributed by atoms with Gasteiger partial charge in [-0.15, -0.1) is 0 Å². The van der Waals surface area contributed by atoms with Crippen molar-refractivity contribution in [2.24, 2.45) is 5.90 Å². The molecule has 0 heterocycles. The van der Waals surface area contributed by atoms with Crippen LogP contribution in [0.25, 0.3) is 0 Å². The van der Waals surface area contributed by atoms with E-state index in [1.54, 1.807) is 7.05 Å². The molecule has 0 bridgehead atoms. The summed E-state index contributed by atoms with van der Waals surface area (Å²) in [6, 6.07) is 9.40. The van der Waals surface area contributed by atoms with E-state index in [-0.39, 0.29) is 12.4 Å². The van der Waals surface area contributed by atoms with E-state index in [9.17, 15) is 8.42 Å². The molecule has 0 aliphatic carbocycles. The highest BCUT2D eigenvalue weighted by molar-refractivity contribution is 7.89. The van der Waals surface area contributed by atoms with E-state index < -0.39 is 10.0 Å². The van der Waals surface area contributed by atoms with Gasteiger partial charge in [-0.25, -0.2) is 18.6 Å². The Hall–Kier alpha value is -0.950. The van der Waals surface area contributed by atoms with Crippen molar-refractivity contribution in [1.29, 1.82) is 0 Å². The minimum atomic E-state index is -3.29. The van der Waals surface area contributed by atoms with Gasteiger partial charge >= 0.3 is 0 Å². The number of rotatable bonds is 6. The fraction of sp³-hybridized carbons (Fsp3) is 0.400. The van der Waals surface area contributed by atoms with Crippen molar-refractivity contribution in [3.63, 3.8) is 0 Å². The zero-order valence-electron chi connectivity index (χ0n) is 9.17. The van der Waals surface area contributed by atoms with Gasteiger partial charge < -0.3 is 4.84 Å². The number of benzene rings is 1. The molecule has 1 aromatic rings. The van der Waals surface area contributed by atoms with Crippen molar-refractivity contribution in [2.75, 3.05) is 19.4 Å². The Kier molecular flexibility index (Phi) is 4.88. The normalized spacial score (nSPS) is 11.9. The van der Waals surface area contributed by atoms with Crippen molar-refractivity contribution >= 4 is 10.0 Å². The lowest BCUT2D eigenvalue weighted by molar-refractivity contribution is 0.153. The lowest BCUT2D eigenvalue weighted by Crippen LogP contribution is -2.31. The van der Waals surface area contributed by atoms with Gasteiger partial charge in [-0.3, -0.25) is 0 Å². The molecule has 0 amide bonds. The lowest BCUT2D eigenvalue weighted by Gasteiger charge is -2.16. The molecule has 0 unspecified atom stereocenters. The van der Waals surface area contributed by atoms with Crippen LogP contribution in [-0.4, -0.2) is 32.1 Å². The zero-order valence-corrected chi connectivity index (χ0v) is 9.98. The standard InChI is InChI=1S/C10H16N2O3S/c1-12(16(13,14)8-7-15-11)9-10-5-3-2-4-6-10/h2-6H,7-9,11H2,1H3. The first kappa shape index (κ1) is 13.1. The summed E-state index contributed by atoms with van der Waals surface area (Å²) in [6.45, 7) is 0.356. The van der Waals surface area contributed by atoms with E-state index in [0.717, 1.165) is 5.56 Å². The molecule has 0 aromatic heterocycles. The number of hydrogen-bond acceptors (Lipinski definition) is 4. The first-order valence-corrected chi connectivity index (χ1v) is 6.47. The van der Waals surface area contributed by atoms with E-state index >= 15 is 0 Å². The monoisotopic (exact) mass is 244 g/mol. The summed E-state index contributed by atoms with van der Waals surface area (Å²) in [5.41, 5.74) is 0.947. The molecule has 0 saturated carbocycles. The van der Waals surface area contributed by atoms with Crippen molar-refractivity contribution in [3.05, 3.63) is 35.9 Å². The third-order valence-electron chi connectivity index (χ3n) is 2.18. The quantitative estimate of drug-likeness (QED) is 0.732. The van der Waals surface area contributed by atoms with Gasteiger partial charge in [-0.2, -0.15) is 0 Å². The third kappa shape index (κ3) is 3.90. The van der Waals surface area contributed by atoms with E-state index in [0.29, 0.717) is 6.54 Å².